The number of nitrogens with zero attached hydrogens (tertiary/aromatic N) is 2. The topological polar surface area (TPSA) is 64.0 Å². The maximum Gasteiger partial charge on any atom is 0.280 e. The van der Waals surface area contributed by atoms with Gasteiger partial charge in [-0.05, 0) is 49.4 Å². The van der Waals surface area contributed by atoms with E-state index in [1.807, 2.05) is 0 Å². The maximum absolute atomic E-state index is 13.5. The fourth-order valence-corrected chi connectivity index (χ4v) is 2.38. The Labute approximate surface area is 135 Å². The largest absolute Gasteiger partial charge is 0.320 e. The number of carbonyl (C=O) groups is 1. The van der Waals surface area contributed by atoms with E-state index >= 15 is 0 Å². The number of benzene rings is 2. The van der Waals surface area contributed by atoms with E-state index < -0.39 is 23.0 Å². The van der Waals surface area contributed by atoms with Crippen LogP contribution in [-0.4, -0.2) is 15.7 Å². The third-order valence-corrected chi connectivity index (χ3v) is 3.53. The number of amides is 1. The molecule has 0 spiro atoms. The Kier molecular flexibility index (Phi) is 4.07. The number of hydrogen-bond donors (Lipinski definition) is 1. The minimum absolute atomic E-state index is 0.0797. The smallest absolute Gasteiger partial charge is 0.280 e. The van der Waals surface area contributed by atoms with Crippen LogP contribution in [0.4, 0.5) is 14.5 Å². The van der Waals surface area contributed by atoms with Crippen molar-refractivity contribution in [1.29, 1.82) is 0 Å². The second-order valence-corrected chi connectivity index (χ2v) is 5.12. The first-order valence-corrected chi connectivity index (χ1v) is 7.27. The van der Waals surface area contributed by atoms with E-state index in [0.717, 1.165) is 6.07 Å². The van der Waals surface area contributed by atoms with Crippen molar-refractivity contribution in [3.05, 3.63) is 70.0 Å². The Bertz CT molecular complexity index is 982. The molecule has 0 fully saturated rings. The normalized spacial score (nSPS) is 10.8. The molecule has 1 N–H and O–H groups in total. The molecule has 0 unspecified atom stereocenters. The Balaban J connectivity index is 2.08. The minimum atomic E-state index is -0.736. The average molecular weight is 329 g/mol. The zero-order chi connectivity index (χ0) is 17.3. The first-order chi connectivity index (χ1) is 11.5. The van der Waals surface area contributed by atoms with Crippen LogP contribution in [0.25, 0.3) is 10.9 Å². The van der Waals surface area contributed by atoms with Crippen LogP contribution < -0.4 is 10.7 Å². The quantitative estimate of drug-likeness (QED) is 0.803. The molecular weight excluding hydrogens is 316 g/mol. The van der Waals surface area contributed by atoms with Gasteiger partial charge in [0.25, 0.3) is 5.91 Å². The van der Waals surface area contributed by atoms with Gasteiger partial charge in [0.2, 0.25) is 5.43 Å². The second-order valence-electron chi connectivity index (χ2n) is 5.12. The zero-order valence-electron chi connectivity index (χ0n) is 12.7. The molecule has 0 radical (unpaired) electrons. The van der Waals surface area contributed by atoms with Gasteiger partial charge in [-0.1, -0.05) is 0 Å². The average Bonchev–Trinajstić information content (AvgIpc) is 2.57. The van der Waals surface area contributed by atoms with Crippen molar-refractivity contribution in [1.82, 2.24) is 9.78 Å². The van der Waals surface area contributed by atoms with Crippen molar-refractivity contribution in [3.63, 3.8) is 0 Å². The number of rotatable bonds is 3. The van der Waals surface area contributed by atoms with Crippen molar-refractivity contribution in [2.24, 2.45) is 0 Å². The number of carbonyl (C=O) groups excluding carboxylic acids is 1. The lowest BCUT2D eigenvalue weighted by molar-refractivity contribution is 0.101. The maximum atomic E-state index is 13.5. The van der Waals surface area contributed by atoms with Crippen LogP contribution >= 0.6 is 0 Å². The fourth-order valence-electron chi connectivity index (χ4n) is 2.38. The lowest BCUT2D eigenvalue weighted by Gasteiger charge is -2.10. The summed E-state index contributed by atoms with van der Waals surface area (Å²) in [7, 11) is 0. The van der Waals surface area contributed by atoms with Crippen LogP contribution in [0.5, 0.6) is 0 Å². The van der Waals surface area contributed by atoms with Gasteiger partial charge in [0.1, 0.15) is 11.6 Å². The lowest BCUT2D eigenvalue weighted by atomic mass is 10.2. The summed E-state index contributed by atoms with van der Waals surface area (Å²) in [6, 6.07) is 8.86. The molecule has 7 heteroatoms. The molecular formula is C17H13F2N3O2. The van der Waals surface area contributed by atoms with E-state index in [9.17, 15) is 18.4 Å². The van der Waals surface area contributed by atoms with Gasteiger partial charge in [-0.3, -0.25) is 14.3 Å². The van der Waals surface area contributed by atoms with Crippen LogP contribution in [0, 0.1) is 11.6 Å². The summed E-state index contributed by atoms with van der Waals surface area (Å²) >= 11 is 0. The zero-order valence-corrected chi connectivity index (χ0v) is 12.7. The Hall–Kier alpha value is -3.09. The predicted molar refractivity (Wildman–Crippen MR) is 86.0 cm³/mol. The van der Waals surface area contributed by atoms with Crippen LogP contribution in [0.1, 0.15) is 17.4 Å². The van der Waals surface area contributed by atoms with Crippen LogP contribution in [0.2, 0.25) is 0 Å². The number of anilines is 1. The number of aryl methyl sites for hydroxylation is 1. The second kappa shape index (κ2) is 6.19. The predicted octanol–water partition coefficient (Wildman–Crippen LogP) is 2.95. The molecule has 5 nitrogen and oxygen atoms in total. The molecule has 24 heavy (non-hydrogen) atoms. The van der Waals surface area contributed by atoms with Gasteiger partial charge < -0.3 is 5.32 Å². The molecule has 3 rings (SSSR count). The van der Waals surface area contributed by atoms with Crippen LogP contribution in [-0.2, 0) is 6.54 Å². The van der Waals surface area contributed by atoms with E-state index in [0.29, 0.717) is 17.7 Å². The highest BCUT2D eigenvalue weighted by atomic mass is 19.1. The van der Waals surface area contributed by atoms with E-state index in [4.69, 9.17) is 0 Å². The fraction of sp³-hybridized carbons (Fsp3) is 0.118. The van der Waals surface area contributed by atoms with E-state index in [1.54, 1.807) is 6.92 Å². The van der Waals surface area contributed by atoms with Crippen LogP contribution in [0.15, 0.2) is 47.3 Å². The first kappa shape index (κ1) is 15.8. The summed E-state index contributed by atoms with van der Waals surface area (Å²) in [6.45, 7) is 2.20. The van der Waals surface area contributed by atoms with Crippen molar-refractivity contribution < 1.29 is 13.6 Å². The first-order valence-electron chi connectivity index (χ1n) is 7.27. The van der Waals surface area contributed by atoms with Crippen molar-refractivity contribution in [2.45, 2.75) is 13.5 Å². The molecule has 1 amide bonds. The summed E-state index contributed by atoms with van der Waals surface area (Å²) in [5.41, 5.74) is -0.236. The molecule has 3 aromatic rings. The number of aromatic nitrogens is 2. The lowest BCUT2D eigenvalue weighted by Crippen LogP contribution is -2.27. The summed E-state index contributed by atoms with van der Waals surface area (Å²) < 4.78 is 27.8. The summed E-state index contributed by atoms with van der Waals surface area (Å²) in [6.07, 6.45) is 0. The molecule has 0 aliphatic rings. The third-order valence-electron chi connectivity index (χ3n) is 3.53. The van der Waals surface area contributed by atoms with Gasteiger partial charge in [-0.25, -0.2) is 8.78 Å². The Morgan fingerprint density at radius 1 is 1.12 bits per heavy atom. The number of halogens is 2. The highest BCUT2D eigenvalue weighted by Gasteiger charge is 2.17. The number of fused-ring (bicyclic) bond motifs is 1. The molecule has 1 aromatic heterocycles. The molecule has 0 bridgehead atoms. The third kappa shape index (κ3) is 2.88. The molecule has 0 saturated heterocycles. The Morgan fingerprint density at radius 3 is 2.46 bits per heavy atom. The SMILES string of the molecule is CCn1nc(C(=O)Nc2ccc(F)cc2)c(=O)c2cc(F)ccc21. The van der Waals surface area contributed by atoms with Gasteiger partial charge in [-0.15, -0.1) is 0 Å². The molecule has 0 aliphatic carbocycles. The summed E-state index contributed by atoms with van der Waals surface area (Å²) in [4.78, 5) is 24.8. The molecule has 0 aliphatic heterocycles. The van der Waals surface area contributed by atoms with E-state index in [-0.39, 0.29) is 11.1 Å². The van der Waals surface area contributed by atoms with Crippen molar-refractivity contribution in [3.8, 4) is 0 Å². The number of hydrogen-bond acceptors (Lipinski definition) is 3. The van der Waals surface area contributed by atoms with Crippen molar-refractivity contribution >= 4 is 22.5 Å². The molecule has 122 valence electrons. The number of nitrogens with one attached hydrogen (secondary N) is 1. The standard InChI is InChI=1S/C17H13F2N3O2/c1-2-22-14-8-5-11(19)9-13(14)16(23)15(21-22)17(24)20-12-6-3-10(18)4-7-12/h3-9H,2H2,1H3,(H,20,24). The van der Waals surface area contributed by atoms with Gasteiger partial charge in [0.15, 0.2) is 5.69 Å². The van der Waals surface area contributed by atoms with E-state index in [2.05, 4.69) is 10.4 Å². The van der Waals surface area contributed by atoms with E-state index in [1.165, 1.54) is 41.1 Å². The summed E-state index contributed by atoms with van der Waals surface area (Å²) in [5, 5.41) is 6.62. The minimum Gasteiger partial charge on any atom is -0.320 e. The van der Waals surface area contributed by atoms with Crippen molar-refractivity contribution in [2.75, 3.05) is 5.32 Å². The molecule has 2 aromatic carbocycles. The molecule has 0 atom stereocenters. The van der Waals surface area contributed by atoms with Gasteiger partial charge >= 0.3 is 0 Å². The Morgan fingerprint density at radius 2 is 1.79 bits per heavy atom. The van der Waals surface area contributed by atoms with Crippen LogP contribution in [0.3, 0.4) is 0 Å². The van der Waals surface area contributed by atoms with Gasteiger partial charge in [0, 0.05) is 12.2 Å². The van der Waals surface area contributed by atoms with Gasteiger partial charge in [-0.2, -0.15) is 5.10 Å². The summed E-state index contributed by atoms with van der Waals surface area (Å²) in [5.74, 6) is -1.75. The van der Waals surface area contributed by atoms with Gasteiger partial charge in [0.05, 0.1) is 10.9 Å². The molecule has 1 heterocycles. The monoisotopic (exact) mass is 329 g/mol. The highest BCUT2D eigenvalue weighted by molar-refractivity contribution is 6.04. The molecule has 0 saturated carbocycles. The highest BCUT2D eigenvalue weighted by Crippen LogP contribution is 2.13.